The highest BCUT2D eigenvalue weighted by Crippen LogP contribution is 2.32. The highest BCUT2D eigenvalue weighted by atomic mass is 32.2. The molecule has 0 aliphatic carbocycles. The number of rotatable bonds is 5. The number of nitrogens with two attached hydrogens (primary N) is 1. The van der Waals surface area contributed by atoms with Crippen molar-refractivity contribution in [2.75, 3.05) is 56.2 Å². The molecule has 6 rings (SSSR count). The summed E-state index contributed by atoms with van der Waals surface area (Å²) in [6.45, 7) is 4.87. The molecule has 2 aromatic heterocycles. The lowest BCUT2D eigenvalue weighted by atomic mass is 10.2. The van der Waals surface area contributed by atoms with Crippen molar-refractivity contribution in [1.82, 2.24) is 23.8 Å². The Morgan fingerprint density at radius 3 is 2.40 bits per heavy atom. The Bertz CT molecular complexity index is 1320. The summed E-state index contributed by atoms with van der Waals surface area (Å²) in [6, 6.07) is 9.82. The second kappa shape index (κ2) is 8.74. The Morgan fingerprint density at radius 1 is 1.06 bits per heavy atom. The first-order chi connectivity index (χ1) is 16.8. The first-order valence-corrected chi connectivity index (χ1v) is 14.0. The normalized spacial score (nSPS) is 23.9. The quantitative estimate of drug-likeness (QED) is 0.527. The van der Waals surface area contributed by atoms with Gasteiger partial charge in [0.25, 0.3) is 0 Å². The number of anilines is 2. The Morgan fingerprint density at radius 2 is 1.74 bits per heavy atom. The van der Waals surface area contributed by atoms with Crippen LogP contribution >= 0.6 is 0 Å². The number of aromatic nitrogens is 3. The first-order valence-electron chi connectivity index (χ1n) is 12.1. The van der Waals surface area contributed by atoms with Crippen LogP contribution in [0.25, 0.3) is 16.9 Å². The van der Waals surface area contributed by atoms with Crippen LogP contribution in [-0.4, -0.2) is 90.0 Å². The van der Waals surface area contributed by atoms with E-state index in [0.717, 1.165) is 54.9 Å². The zero-order valence-electron chi connectivity index (χ0n) is 19.9. The van der Waals surface area contributed by atoms with Crippen molar-refractivity contribution in [2.24, 2.45) is 0 Å². The molecule has 2 bridgehead atoms. The van der Waals surface area contributed by atoms with Crippen LogP contribution in [0.1, 0.15) is 18.4 Å². The van der Waals surface area contributed by atoms with Crippen molar-refractivity contribution in [3.05, 3.63) is 42.1 Å². The van der Waals surface area contributed by atoms with E-state index in [2.05, 4.69) is 22.1 Å². The number of fused-ring (bicyclic) bond motifs is 3. The van der Waals surface area contributed by atoms with Gasteiger partial charge < -0.3 is 15.4 Å². The summed E-state index contributed by atoms with van der Waals surface area (Å²) in [7, 11) is -3.14. The number of sulfonamides is 1. The average molecular weight is 498 g/mol. The molecule has 2 unspecified atom stereocenters. The van der Waals surface area contributed by atoms with Crippen LogP contribution in [0.4, 0.5) is 11.5 Å². The van der Waals surface area contributed by atoms with Gasteiger partial charge in [0.1, 0.15) is 5.52 Å². The molecule has 0 spiro atoms. The van der Waals surface area contributed by atoms with Crippen LogP contribution in [0.15, 0.2) is 36.5 Å². The van der Waals surface area contributed by atoms with Gasteiger partial charge in [-0.25, -0.2) is 17.9 Å². The third-order valence-electron chi connectivity index (χ3n) is 7.22. The molecule has 0 amide bonds. The molecule has 0 radical (unpaired) electrons. The molecule has 1 aromatic carbocycles. The molecule has 35 heavy (non-hydrogen) atoms. The number of hydrogen-bond acceptors (Lipinski definition) is 8. The lowest BCUT2D eigenvalue weighted by molar-refractivity contribution is 0.0303. The van der Waals surface area contributed by atoms with Crippen LogP contribution < -0.4 is 10.6 Å². The minimum absolute atomic E-state index is 0.254. The van der Waals surface area contributed by atoms with Gasteiger partial charge in [-0.15, -0.1) is 5.10 Å². The number of nitrogen functional groups attached to an aromatic ring is 1. The Balaban J connectivity index is 1.32. The van der Waals surface area contributed by atoms with Crippen molar-refractivity contribution >= 4 is 27.0 Å². The third-order valence-corrected chi connectivity index (χ3v) is 8.52. The van der Waals surface area contributed by atoms with E-state index in [-0.39, 0.29) is 12.2 Å². The lowest BCUT2D eigenvalue weighted by Gasteiger charge is -2.33. The van der Waals surface area contributed by atoms with Crippen molar-refractivity contribution < 1.29 is 13.2 Å². The summed E-state index contributed by atoms with van der Waals surface area (Å²) < 4.78 is 33.2. The Hall–Kier alpha value is -2.73. The summed E-state index contributed by atoms with van der Waals surface area (Å²) in [5.41, 5.74) is 9.64. The number of morpholine rings is 1. The van der Waals surface area contributed by atoms with E-state index >= 15 is 0 Å². The Kier molecular flexibility index (Phi) is 5.67. The maximum absolute atomic E-state index is 11.8. The molecule has 186 valence electrons. The van der Waals surface area contributed by atoms with Crippen LogP contribution in [0, 0.1) is 0 Å². The van der Waals surface area contributed by atoms with Crippen molar-refractivity contribution in [3.8, 4) is 11.4 Å². The molecular formula is C24H31N7O3S. The van der Waals surface area contributed by atoms with Gasteiger partial charge in [0.2, 0.25) is 10.0 Å². The maximum atomic E-state index is 11.8. The van der Waals surface area contributed by atoms with Gasteiger partial charge in [-0.2, -0.15) is 4.31 Å². The zero-order chi connectivity index (χ0) is 24.2. The predicted octanol–water partition coefficient (Wildman–Crippen LogP) is 1.42. The van der Waals surface area contributed by atoms with E-state index in [1.54, 1.807) is 4.31 Å². The molecule has 11 heteroatoms. The first kappa shape index (κ1) is 22.7. The number of nitrogens with zero attached hydrogens (tertiary/aromatic N) is 6. The van der Waals surface area contributed by atoms with E-state index in [1.165, 1.54) is 6.26 Å². The number of ether oxygens (including phenoxy) is 1. The monoisotopic (exact) mass is 497 g/mol. The van der Waals surface area contributed by atoms with E-state index in [0.29, 0.717) is 37.7 Å². The fourth-order valence-electron chi connectivity index (χ4n) is 5.38. The molecule has 2 atom stereocenters. The lowest BCUT2D eigenvalue weighted by Crippen LogP contribution is -2.47. The number of benzene rings is 1. The molecule has 5 heterocycles. The standard InChI is InChI=1S/C24H31N7O3S/c1-35(32,33)30-10-8-28(9-11-30)13-17-12-22-24(29-15-20-6-7-21(16-29)34-20)26-23(27-31(22)14-17)18-2-4-19(25)5-3-18/h2-5,12,14,20-21H,6-11,13,15-16,25H2,1H3. The Labute approximate surface area is 205 Å². The fraction of sp³-hybridized carbons (Fsp3) is 0.500. The minimum Gasteiger partial charge on any atom is -0.399 e. The van der Waals surface area contributed by atoms with Gasteiger partial charge in [-0.05, 0) is 48.7 Å². The highest BCUT2D eigenvalue weighted by molar-refractivity contribution is 7.88. The molecule has 3 saturated heterocycles. The summed E-state index contributed by atoms with van der Waals surface area (Å²) in [4.78, 5) is 9.67. The van der Waals surface area contributed by atoms with Gasteiger partial charge in [-0.3, -0.25) is 4.90 Å². The average Bonchev–Trinajstić information content (AvgIpc) is 3.39. The summed E-state index contributed by atoms with van der Waals surface area (Å²) in [6.07, 6.45) is 6.05. The van der Waals surface area contributed by atoms with Gasteiger partial charge in [-0.1, -0.05) is 0 Å². The van der Waals surface area contributed by atoms with E-state index in [4.69, 9.17) is 20.6 Å². The molecule has 0 saturated carbocycles. The predicted molar refractivity (Wildman–Crippen MR) is 135 cm³/mol. The van der Waals surface area contributed by atoms with E-state index in [9.17, 15) is 8.42 Å². The summed E-state index contributed by atoms with van der Waals surface area (Å²) in [5, 5.41) is 4.84. The molecular weight excluding hydrogens is 466 g/mol. The van der Waals surface area contributed by atoms with Gasteiger partial charge in [0.05, 0.1) is 18.5 Å². The maximum Gasteiger partial charge on any atom is 0.211 e. The largest absolute Gasteiger partial charge is 0.399 e. The van der Waals surface area contributed by atoms with Crippen molar-refractivity contribution in [3.63, 3.8) is 0 Å². The van der Waals surface area contributed by atoms with Gasteiger partial charge >= 0.3 is 0 Å². The second-order valence-electron chi connectivity index (χ2n) is 9.86. The smallest absolute Gasteiger partial charge is 0.211 e. The van der Waals surface area contributed by atoms with Crippen LogP contribution in [0.2, 0.25) is 0 Å². The highest BCUT2D eigenvalue weighted by Gasteiger charge is 2.35. The molecule has 3 fully saturated rings. The number of hydrogen-bond donors (Lipinski definition) is 1. The van der Waals surface area contributed by atoms with Crippen molar-refractivity contribution in [1.29, 1.82) is 0 Å². The van der Waals surface area contributed by atoms with Crippen molar-refractivity contribution in [2.45, 2.75) is 31.6 Å². The zero-order valence-corrected chi connectivity index (χ0v) is 20.7. The molecule has 2 N–H and O–H groups in total. The molecule has 3 aliphatic heterocycles. The van der Waals surface area contributed by atoms with Crippen LogP contribution in [0.3, 0.4) is 0 Å². The topological polar surface area (TPSA) is 109 Å². The molecule has 10 nitrogen and oxygen atoms in total. The minimum atomic E-state index is -3.14. The van der Waals surface area contributed by atoms with E-state index in [1.807, 2.05) is 28.8 Å². The van der Waals surface area contributed by atoms with Gasteiger partial charge in [0.15, 0.2) is 11.6 Å². The molecule has 3 aliphatic rings. The fourth-order valence-corrected chi connectivity index (χ4v) is 6.20. The van der Waals surface area contributed by atoms with Gasteiger partial charge in [0, 0.05) is 63.3 Å². The summed E-state index contributed by atoms with van der Waals surface area (Å²) in [5.74, 6) is 1.59. The second-order valence-corrected chi connectivity index (χ2v) is 11.8. The summed E-state index contributed by atoms with van der Waals surface area (Å²) >= 11 is 0. The van der Waals surface area contributed by atoms with Crippen LogP contribution in [-0.2, 0) is 21.3 Å². The number of piperazine rings is 1. The molecule has 3 aromatic rings. The van der Waals surface area contributed by atoms with E-state index < -0.39 is 10.0 Å². The SMILES string of the molecule is CS(=O)(=O)N1CCN(Cc2cc3c(N4CC5CCC(C4)O5)nc(-c4ccc(N)cc4)nn3c2)CC1. The third kappa shape index (κ3) is 4.61. The van der Waals surface area contributed by atoms with Crippen LogP contribution in [0.5, 0.6) is 0 Å².